The van der Waals surface area contributed by atoms with E-state index in [0.717, 1.165) is 10.0 Å². The zero-order valence-corrected chi connectivity index (χ0v) is 13.7. The predicted octanol–water partition coefficient (Wildman–Crippen LogP) is 4.40. The first-order chi connectivity index (χ1) is 8.24. The minimum atomic E-state index is -0.373. The summed E-state index contributed by atoms with van der Waals surface area (Å²) in [4.78, 5) is 0. The van der Waals surface area contributed by atoms with Gasteiger partial charge in [0.2, 0.25) is 0 Å². The molecule has 0 saturated heterocycles. The van der Waals surface area contributed by atoms with Gasteiger partial charge in [-0.25, -0.2) is 0 Å². The van der Waals surface area contributed by atoms with E-state index in [-0.39, 0.29) is 21.1 Å². The Hall–Kier alpha value is -0.181. The van der Waals surface area contributed by atoms with Gasteiger partial charge < -0.3 is 0 Å². The third-order valence-electron chi connectivity index (χ3n) is 2.48. The summed E-state index contributed by atoms with van der Waals surface area (Å²) in [5.41, 5.74) is 2.82. The molecule has 2 aromatic carbocycles. The molecule has 0 unspecified atom stereocenters. The minimum absolute atomic E-state index is 0.373. The monoisotopic (exact) mass is 370 g/mol. The van der Waals surface area contributed by atoms with E-state index < -0.39 is 0 Å². The quantitative estimate of drug-likeness (QED) is 0.701. The molecule has 0 aliphatic rings. The standard InChI is InChI=1S/2C7H6Cl.Sn/c2*1-6-2-4-7(8)5-3-6;/h2*2-5H,1H2;/q;;+2. The first-order valence-electron chi connectivity index (χ1n) is 5.43. The van der Waals surface area contributed by atoms with E-state index >= 15 is 0 Å². The van der Waals surface area contributed by atoms with E-state index in [0.29, 0.717) is 0 Å². The summed E-state index contributed by atoms with van der Waals surface area (Å²) in [6.07, 6.45) is 0. The normalized spacial score (nSPS) is 10.0. The second-order valence-electron chi connectivity index (χ2n) is 3.86. The Morgan fingerprint density at radius 2 is 1.00 bits per heavy atom. The summed E-state index contributed by atoms with van der Waals surface area (Å²) >= 11 is 11.3. The maximum atomic E-state index is 5.86. The predicted molar refractivity (Wildman–Crippen MR) is 76.1 cm³/mol. The van der Waals surface area contributed by atoms with Gasteiger partial charge in [-0.1, -0.05) is 0 Å². The average Bonchev–Trinajstić information content (AvgIpc) is 2.34. The van der Waals surface area contributed by atoms with Crippen LogP contribution >= 0.6 is 23.2 Å². The second kappa shape index (κ2) is 6.67. The van der Waals surface area contributed by atoms with Crippen LogP contribution in [0, 0.1) is 0 Å². The van der Waals surface area contributed by atoms with Crippen LogP contribution in [0.4, 0.5) is 0 Å². The van der Waals surface area contributed by atoms with E-state index in [1.54, 1.807) is 0 Å². The first-order valence-corrected chi connectivity index (χ1v) is 10.2. The molecule has 17 heavy (non-hydrogen) atoms. The Morgan fingerprint density at radius 1 is 0.647 bits per heavy atom. The Morgan fingerprint density at radius 3 is 1.35 bits per heavy atom. The van der Waals surface area contributed by atoms with E-state index in [1.807, 2.05) is 24.3 Å². The maximum absolute atomic E-state index is 5.86. The number of hydrogen-bond donors (Lipinski definition) is 0. The molecular formula is C14H12Cl2Sn+2. The molecule has 0 spiro atoms. The van der Waals surface area contributed by atoms with Gasteiger partial charge in [0.25, 0.3) is 0 Å². The Labute approximate surface area is 122 Å². The Kier molecular flexibility index (Phi) is 5.20. The number of halogens is 2. The molecule has 0 aliphatic heterocycles. The van der Waals surface area contributed by atoms with Crippen molar-refractivity contribution < 1.29 is 0 Å². The van der Waals surface area contributed by atoms with Crippen molar-refractivity contribution in [1.82, 2.24) is 0 Å². The molecule has 0 N–H and O–H groups in total. The molecule has 84 valence electrons. The fourth-order valence-electron chi connectivity index (χ4n) is 1.56. The summed E-state index contributed by atoms with van der Waals surface area (Å²) in [6.45, 7) is 0. The topological polar surface area (TPSA) is 0 Å². The van der Waals surface area contributed by atoms with Crippen molar-refractivity contribution in [1.29, 1.82) is 0 Å². The number of hydrogen-bond acceptors (Lipinski definition) is 0. The zero-order chi connectivity index (χ0) is 12.1. The van der Waals surface area contributed by atoms with Crippen LogP contribution in [-0.2, 0) is 8.87 Å². The molecule has 0 atom stereocenters. The van der Waals surface area contributed by atoms with Crippen molar-refractivity contribution >= 4 is 44.3 Å². The van der Waals surface area contributed by atoms with Crippen molar-refractivity contribution in [3.63, 3.8) is 0 Å². The van der Waals surface area contributed by atoms with E-state index in [1.165, 1.54) is 20.0 Å². The summed E-state index contributed by atoms with van der Waals surface area (Å²) in [7, 11) is 0. The van der Waals surface area contributed by atoms with Crippen molar-refractivity contribution in [2.45, 2.75) is 8.87 Å². The molecule has 0 amide bonds. The summed E-state index contributed by atoms with van der Waals surface area (Å²) in [5, 5.41) is 1.63. The van der Waals surface area contributed by atoms with Gasteiger partial charge in [-0.05, 0) is 0 Å². The molecular weight excluding hydrogens is 358 g/mol. The molecule has 2 aromatic rings. The van der Waals surface area contributed by atoms with Gasteiger partial charge in [0.1, 0.15) is 0 Å². The van der Waals surface area contributed by atoms with Crippen molar-refractivity contribution in [3.8, 4) is 0 Å². The van der Waals surface area contributed by atoms with Gasteiger partial charge in [-0.2, -0.15) is 0 Å². The fourth-order valence-corrected chi connectivity index (χ4v) is 5.16. The molecule has 3 heteroatoms. The van der Waals surface area contributed by atoms with Crippen molar-refractivity contribution in [3.05, 3.63) is 69.7 Å². The van der Waals surface area contributed by atoms with E-state index in [2.05, 4.69) is 24.3 Å². The van der Waals surface area contributed by atoms with Gasteiger partial charge in [-0.3, -0.25) is 0 Å². The molecule has 2 rings (SSSR count). The molecule has 0 heterocycles. The first kappa shape index (κ1) is 13.3. The van der Waals surface area contributed by atoms with Crippen molar-refractivity contribution in [2.75, 3.05) is 0 Å². The number of rotatable bonds is 4. The van der Waals surface area contributed by atoms with E-state index in [9.17, 15) is 0 Å². The Bertz CT molecular complexity index is 417. The molecule has 0 bridgehead atoms. The van der Waals surface area contributed by atoms with Crippen LogP contribution in [0.15, 0.2) is 48.5 Å². The van der Waals surface area contributed by atoms with Crippen LogP contribution in [0.3, 0.4) is 0 Å². The molecule has 0 nitrogen and oxygen atoms in total. The third kappa shape index (κ3) is 4.53. The third-order valence-corrected chi connectivity index (χ3v) is 6.75. The summed E-state index contributed by atoms with van der Waals surface area (Å²) in [6, 6.07) is 16.4. The summed E-state index contributed by atoms with van der Waals surface area (Å²) in [5.74, 6) is 0. The van der Waals surface area contributed by atoms with Gasteiger partial charge in [0.05, 0.1) is 0 Å². The van der Waals surface area contributed by atoms with Gasteiger partial charge in [0.15, 0.2) is 0 Å². The summed E-state index contributed by atoms with van der Waals surface area (Å²) < 4.78 is 2.51. The van der Waals surface area contributed by atoms with Crippen LogP contribution < -0.4 is 0 Å². The fraction of sp³-hybridized carbons (Fsp3) is 0.143. The van der Waals surface area contributed by atoms with E-state index in [4.69, 9.17) is 23.2 Å². The molecule has 0 saturated carbocycles. The SMILES string of the molecule is Clc1ccc([CH2][Sn+2][CH2]c2ccc(Cl)cc2)cc1. The van der Waals surface area contributed by atoms with Crippen LogP contribution in [0.25, 0.3) is 0 Å². The average molecular weight is 370 g/mol. The molecule has 0 aliphatic carbocycles. The van der Waals surface area contributed by atoms with Crippen LogP contribution in [0.1, 0.15) is 11.1 Å². The van der Waals surface area contributed by atoms with Crippen LogP contribution in [0.2, 0.25) is 10.0 Å². The number of benzene rings is 2. The van der Waals surface area contributed by atoms with Crippen molar-refractivity contribution in [2.24, 2.45) is 0 Å². The van der Waals surface area contributed by atoms with Crippen LogP contribution in [-0.4, -0.2) is 21.1 Å². The molecule has 0 radical (unpaired) electrons. The van der Waals surface area contributed by atoms with Crippen LogP contribution in [0.5, 0.6) is 0 Å². The van der Waals surface area contributed by atoms with Gasteiger partial charge in [-0.15, -0.1) is 0 Å². The molecule has 0 fully saturated rings. The second-order valence-corrected chi connectivity index (χ2v) is 8.17. The zero-order valence-electron chi connectivity index (χ0n) is 9.29. The van der Waals surface area contributed by atoms with Gasteiger partial charge >= 0.3 is 123 Å². The Balaban J connectivity index is 1.83. The molecule has 0 aromatic heterocycles. The van der Waals surface area contributed by atoms with Gasteiger partial charge in [0, 0.05) is 0 Å².